The van der Waals surface area contributed by atoms with Gasteiger partial charge in [-0.1, -0.05) is 60.1 Å². The molecule has 0 saturated heterocycles. The maximum atomic E-state index is 14.3. The summed E-state index contributed by atoms with van der Waals surface area (Å²) in [5, 5.41) is 3.02. The molecule has 11 heteroatoms. The van der Waals surface area contributed by atoms with Gasteiger partial charge in [-0.05, 0) is 72.6 Å². The Kier molecular flexibility index (Phi) is 11.0. The van der Waals surface area contributed by atoms with Crippen molar-refractivity contribution in [3.05, 3.63) is 125 Å². The van der Waals surface area contributed by atoms with Gasteiger partial charge < -0.3 is 15.0 Å². The third-order valence-electron chi connectivity index (χ3n) is 6.93. The van der Waals surface area contributed by atoms with Crippen molar-refractivity contribution in [1.29, 1.82) is 0 Å². The van der Waals surface area contributed by atoms with E-state index in [4.69, 9.17) is 16.3 Å². The van der Waals surface area contributed by atoms with Crippen molar-refractivity contribution < 1.29 is 27.1 Å². The van der Waals surface area contributed by atoms with E-state index in [0.29, 0.717) is 22.9 Å². The van der Waals surface area contributed by atoms with Crippen LogP contribution in [0.15, 0.2) is 108 Å². The molecule has 0 aromatic heterocycles. The molecule has 0 aliphatic heterocycles. The van der Waals surface area contributed by atoms with Crippen LogP contribution in [0.2, 0.25) is 5.02 Å². The van der Waals surface area contributed by atoms with Crippen LogP contribution in [0, 0.1) is 5.82 Å². The lowest BCUT2D eigenvalue weighted by Gasteiger charge is -2.33. The number of benzene rings is 4. The Morgan fingerprint density at radius 2 is 1.55 bits per heavy atom. The van der Waals surface area contributed by atoms with E-state index in [-0.39, 0.29) is 23.5 Å². The standard InChI is InChI=1S/C33H33ClFN3O5S/c1-3-43-28-17-19-29(20-18-28)44(41,42)38(27-15-13-26(35)14-16-27)23-32(39)37(22-25-11-7-8-12-30(25)34)31(33(40)36-2)21-24-9-5-4-6-10-24/h4-20,31H,3,21-23H2,1-2H3,(H,36,40)/t31-/m0/s1. The molecule has 1 N–H and O–H groups in total. The lowest BCUT2D eigenvalue weighted by Crippen LogP contribution is -2.53. The number of sulfonamides is 1. The summed E-state index contributed by atoms with van der Waals surface area (Å²) in [6.45, 7) is 1.47. The second-order valence-electron chi connectivity index (χ2n) is 9.83. The number of anilines is 1. The molecule has 230 valence electrons. The molecule has 4 aromatic carbocycles. The first-order chi connectivity index (χ1) is 21.1. The number of amides is 2. The van der Waals surface area contributed by atoms with Gasteiger partial charge in [-0.2, -0.15) is 0 Å². The lowest BCUT2D eigenvalue weighted by atomic mass is 10.0. The van der Waals surface area contributed by atoms with Crippen LogP contribution in [0.4, 0.5) is 10.1 Å². The summed E-state index contributed by atoms with van der Waals surface area (Å²) in [5.74, 6) is -1.18. The number of rotatable bonds is 13. The van der Waals surface area contributed by atoms with E-state index in [9.17, 15) is 22.4 Å². The van der Waals surface area contributed by atoms with Crippen LogP contribution in [-0.2, 0) is 32.6 Å². The van der Waals surface area contributed by atoms with E-state index >= 15 is 0 Å². The summed E-state index contributed by atoms with van der Waals surface area (Å²) in [4.78, 5) is 28.8. The van der Waals surface area contributed by atoms with E-state index in [1.807, 2.05) is 37.3 Å². The summed E-state index contributed by atoms with van der Waals surface area (Å²) >= 11 is 6.47. The van der Waals surface area contributed by atoms with E-state index in [0.717, 1.165) is 22.0 Å². The highest BCUT2D eigenvalue weighted by atomic mass is 35.5. The van der Waals surface area contributed by atoms with Crippen molar-refractivity contribution in [3.63, 3.8) is 0 Å². The molecule has 2 amide bonds. The molecule has 0 unspecified atom stereocenters. The van der Waals surface area contributed by atoms with Gasteiger partial charge in [-0.25, -0.2) is 12.8 Å². The Hall–Kier alpha value is -4.41. The molecule has 0 radical (unpaired) electrons. The third kappa shape index (κ3) is 7.94. The Morgan fingerprint density at radius 3 is 2.16 bits per heavy atom. The molecule has 4 rings (SSSR count). The summed E-state index contributed by atoms with van der Waals surface area (Å²) in [5.41, 5.74) is 1.45. The van der Waals surface area contributed by atoms with Crippen molar-refractivity contribution in [2.24, 2.45) is 0 Å². The largest absolute Gasteiger partial charge is 0.494 e. The minimum atomic E-state index is -4.34. The number of carbonyl (C=O) groups excluding carboxylic acids is 2. The first-order valence-corrected chi connectivity index (χ1v) is 15.8. The smallest absolute Gasteiger partial charge is 0.264 e. The van der Waals surface area contributed by atoms with Gasteiger partial charge in [0, 0.05) is 25.0 Å². The maximum absolute atomic E-state index is 14.3. The fourth-order valence-corrected chi connectivity index (χ4v) is 6.28. The van der Waals surface area contributed by atoms with Crippen molar-refractivity contribution in [1.82, 2.24) is 10.2 Å². The molecular formula is C33H33ClFN3O5S. The highest BCUT2D eigenvalue weighted by molar-refractivity contribution is 7.92. The molecule has 0 heterocycles. The Bertz CT molecular complexity index is 1670. The van der Waals surface area contributed by atoms with Crippen LogP contribution < -0.4 is 14.4 Å². The first-order valence-electron chi connectivity index (χ1n) is 13.9. The number of ether oxygens (including phenoxy) is 1. The van der Waals surface area contributed by atoms with Gasteiger partial charge >= 0.3 is 0 Å². The second kappa shape index (κ2) is 14.9. The van der Waals surface area contributed by atoms with Gasteiger partial charge in [0.25, 0.3) is 10.0 Å². The zero-order valence-electron chi connectivity index (χ0n) is 24.3. The third-order valence-corrected chi connectivity index (χ3v) is 9.09. The predicted octanol–water partition coefficient (Wildman–Crippen LogP) is 5.46. The van der Waals surface area contributed by atoms with Crippen molar-refractivity contribution in [2.45, 2.75) is 30.8 Å². The number of nitrogens with zero attached hydrogens (tertiary/aromatic N) is 2. The number of hydrogen-bond acceptors (Lipinski definition) is 5. The monoisotopic (exact) mass is 637 g/mol. The van der Waals surface area contributed by atoms with Crippen LogP contribution >= 0.6 is 11.6 Å². The predicted molar refractivity (Wildman–Crippen MR) is 169 cm³/mol. The van der Waals surface area contributed by atoms with Gasteiger partial charge in [-0.15, -0.1) is 0 Å². The number of carbonyl (C=O) groups is 2. The molecule has 0 saturated carbocycles. The van der Waals surface area contributed by atoms with Gasteiger partial charge in [0.05, 0.1) is 17.2 Å². The average Bonchev–Trinajstić information content (AvgIpc) is 3.03. The molecule has 0 aliphatic carbocycles. The van der Waals surface area contributed by atoms with Crippen LogP contribution in [0.25, 0.3) is 0 Å². The number of hydrogen-bond donors (Lipinski definition) is 1. The summed E-state index contributed by atoms with van der Waals surface area (Å²) in [7, 11) is -2.87. The highest BCUT2D eigenvalue weighted by Gasteiger charge is 2.34. The van der Waals surface area contributed by atoms with Gasteiger partial charge in [0.2, 0.25) is 11.8 Å². The maximum Gasteiger partial charge on any atom is 0.264 e. The second-order valence-corrected chi connectivity index (χ2v) is 12.1. The minimum absolute atomic E-state index is 0.0657. The molecule has 0 bridgehead atoms. The fraction of sp³-hybridized carbons (Fsp3) is 0.212. The van der Waals surface area contributed by atoms with Crippen LogP contribution in [-0.4, -0.2) is 51.4 Å². The molecule has 0 spiro atoms. The van der Waals surface area contributed by atoms with E-state index in [2.05, 4.69) is 5.32 Å². The Labute approximate surface area is 262 Å². The van der Waals surface area contributed by atoms with Crippen LogP contribution in [0.5, 0.6) is 5.75 Å². The van der Waals surface area contributed by atoms with E-state index < -0.39 is 40.2 Å². The fourth-order valence-electron chi connectivity index (χ4n) is 4.67. The van der Waals surface area contributed by atoms with Crippen molar-refractivity contribution in [3.8, 4) is 5.75 Å². The van der Waals surface area contributed by atoms with E-state index in [1.165, 1.54) is 48.3 Å². The quantitative estimate of drug-likeness (QED) is 0.210. The zero-order chi connectivity index (χ0) is 31.7. The Morgan fingerprint density at radius 1 is 0.909 bits per heavy atom. The molecule has 0 fully saturated rings. The molecule has 1 atom stereocenters. The summed E-state index contributed by atoms with van der Waals surface area (Å²) in [6.07, 6.45) is 0.166. The van der Waals surface area contributed by atoms with Crippen molar-refractivity contribution in [2.75, 3.05) is 24.5 Å². The van der Waals surface area contributed by atoms with Gasteiger partial charge in [0.15, 0.2) is 0 Å². The van der Waals surface area contributed by atoms with Gasteiger partial charge in [-0.3, -0.25) is 13.9 Å². The van der Waals surface area contributed by atoms with Crippen molar-refractivity contribution >= 4 is 39.1 Å². The SMILES string of the molecule is CCOc1ccc(S(=O)(=O)N(CC(=O)N(Cc2ccccc2Cl)[C@@H](Cc2ccccc2)C(=O)NC)c2ccc(F)cc2)cc1. The molecule has 4 aromatic rings. The molecule has 44 heavy (non-hydrogen) atoms. The lowest BCUT2D eigenvalue weighted by molar-refractivity contribution is -0.139. The molecule has 8 nitrogen and oxygen atoms in total. The van der Waals surface area contributed by atoms with Crippen LogP contribution in [0.1, 0.15) is 18.1 Å². The summed E-state index contributed by atoms with van der Waals surface area (Å²) in [6, 6.07) is 25.7. The Balaban J connectivity index is 1.78. The first kappa shape index (κ1) is 32.5. The topological polar surface area (TPSA) is 96.0 Å². The number of likely N-dealkylation sites (N-methyl/N-ethyl adjacent to an activating group) is 1. The normalized spacial score (nSPS) is 11.8. The average molecular weight is 638 g/mol. The van der Waals surface area contributed by atoms with Gasteiger partial charge in [0.1, 0.15) is 24.2 Å². The minimum Gasteiger partial charge on any atom is -0.494 e. The summed E-state index contributed by atoms with van der Waals surface area (Å²) < 4.78 is 48.3. The molecular weight excluding hydrogens is 605 g/mol. The highest BCUT2D eigenvalue weighted by Crippen LogP contribution is 2.27. The van der Waals surface area contributed by atoms with Crippen LogP contribution in [0.3, 0.4) is 0 Å². The molecule has 0 aliphatic rings. The number of halogens is 2. The van der Waals surface area contributed by atoms with E-state index in [1.54, 1.807) is 24.3 Å². The number of nitrogens with one attached hydrogen (secondary N) is 1. The zero-order valence-corrected chi connectivity index (χ0v) is 25.9.